The standard InChI is InChI=1S/C12H10IN3O4/c1-7-5-14-11(20-7)6-15-12(17)9-4-8(16(18)19)2-3-10(9)13/h2-5H,6H2,1H3,(H,15,17). The van der Waals surface area contributed by atoms with E-state index in [4.69, 9.17) is 4.42 Å². The lowest BCUT2D eigenvalue weighted by Crippen LogP contribution is -2.23. The maximum Gasteiger partial charge on any atom is 0.270 e. The van der Waals surface area contributed by atoms with Crippen molar-refractivity contribution in [2.45, 2.75) is 13.5 Å². The number of nitro benzene ring substituents is 1. The molecule has 0 atom stereocenters. The minimum atomic E-state index is -0.537. The molecular formula is C12H10IN3O4. The van der Waals surface area contributed by atoms with Gasteiger partial charge in [0.1, 0.15) is 5.76 Å². The van der Waals surface area contributed by atoms with Gasteiger partial charge in [0.25, 0.3) is 11.6 Å². The van der Waals surface area contributed by atoms with Crippen molar-refractivity contribution in [2.75, 3.05) is 0 Å². The van der Waals surface area contributed by atoms with Crippen molar-refractivity contribution in [2.24, 2.45) is 0 Å². The Morgan fingerprint density at radius 2 is 2.30 bits per heavy atom. The molecule has 8 heteroatoms. The second-order valence-corrected chi connectivity index (χ2v) is 5.13. The predicted molar refractivity (Wildman–Crippen MR) is 78.2 cm³/mol. The molecule has 0 aliphatic rings. The molecule has 7 nitrogen and oxygen atoms in total. The van der Waals surface area contributed by atoms with Gasteiger partial charge in [0, 0.05) is 15.7 Å². The number of halogens is 1. The number of hydrogen-bond acceptors (Lipinski definition) is 5. The molecule has 1 aromatic heterocycles. The van der Waals surface area contributed by atoms with Gasteiger partial charge in [-0.1, -0.05) is 0 Å². The molecule has 0 unspecified atom stereocenters. The van der Waals surface area contributed by atoms with Gasteiger partial charge in [0.05, 0.1) is 23.2 Å². The SMILES string of the molecule is Cc1cnc(CNC(=O)c2cc([N+](=O)[O-])ccc2I)o1. The largest absolute Gasteiger partial charge is 0.444 e. The lowest BCUT2D eigenvalue weighted by atomic mass is 10.2. The highest BCUT2D eigenvalue weighted by Gasteiger charge is 2.15. The van der Waals surface area contributed by atoms with Crippen molar-refractivity contribution in [1.82, 2.24) is 10.3 Å². The zero-order chi connectivity index (χ0) is 14.7. The number of carbonyl (C=O) groups is 1. The molecule has 104 valence electrons. The normalized spacial score (nSPS) is 10.3. The smallest absolute Gasteiger partial charge is 0.270 e. The molecule has 2 aromatic rings. The van der Waals surface area contributed by atoms with Crippen LogP contribution in [0.15, 0.2) is 28.8 Å². The van der Waals surface area contributed by atoms with Crippen LogP contribution in [0.3, 0.4) is 0 Å². The lowest BCUT2D eigenvalue weighted by Gasteiger charge is -2.05. The Morgan fingerprint density at radius 1 is 1.55 bits per heavy atom. The first-order valence-corrected chi connectivity index (χ1v) is 6.68. The average Bonchev–Trinajstić information content (AvgIpc) is 2.82. The Kier molecular flexibility index (Phi) is 4.32. The summed E-state index contributed by atoms with van der Waals surface area (Å²) in [5.74, 6) is 0.629. The number of nitrogens with zero attached hydrogens (tertiary/aromatic N) is 2. The summed E-state index contributed by atoms with van der Waals surface area (Å²) in [6.45, 7) is 1.88. The maximum absolute atomic E-state index is 12.0. The number of nitrogens with one attached hydrogen (secondary N) is 1. The number of aromatic nitrogens is 1. The van der Waals surface area contributed by atoms with Crippen LogP contribution in [-0.2, 0) is 6.54 Å². The van der Waals surface area contributed by atoms with Crippen molar-refractivity contribution in [1.29, 1.82) is 0 Å². The first-order valence-electron chi connectivity index (χ1n) is 5.61. The summed E-state index contributed by atoms with van der Waals surface area (Å²) in [5, 5.41) is 13.3. The van der Waals surface area contributed by atoms with Crippen LogP contribution in [0.2, 0.25) is 0 Å². The first-order chi connectivity index (χ1) is 9.47. The number of benzene rings is 1. The van der Waals surface area contributed by atoms with Crippen LogP contribution >= 0.6 is 22.6 Å². The lowest BCUT2D eigenvalue weighted by molar-refractivity contribution is -0.384. The van der Waals surface area contributed by atoms with Crippen LogP contribution in [-0.4, -0.2) is 15.8 Å². The van der Waals surface area contributed by atoms with E-state index in [1.807, 2.05) is 22.6 Å². The quantitative estimate of drug-likeness (QED) is 0.494. The molecule has 0 saturated carbocycles. The van der Waals surface area contributed by atoms with E-state index in [1.54, 1.807) is 13.1 Å². The van der Waals surface area contributed by atoms with Crippen molar-refractivity contribution >= 4 is 34.2 Å². The minimum Gasteiger partial charge on any atom is -0.444 e. The molecule has 20 heavy (non-hydrogen) atoms. The van der Waals surface area contributed by atoms with Crippen molar-refractivity contribution in [3.8, 4) is 0 Å². The van der Waals surface area contributed by atoms with Gasteiger partial charge >= 0.3 is 0 Å². The van der Waals surface area contributed by atoms with Gasteiger partial charge in [0.2, 0.25) is 5.89 Å². The first kappa shape index (κ1) is 14.4. The van der Waals surface area contributed by atoms with Crippen molar-refractivity contribution in [3.63, 3.8) is 0 Å². The molecule has 0 saturated heterocycles. The number of carbonyl (C=O) groups excluding carboxylic acids is 1. The molecule has 0 radical (unpaired) electrons. The summed E-state index contributed by atoms with van der Waals surface area (Å²) in [7, 11) is 0. The summed E-state index contributed by atoms with van der Waals surface area (Å²) in [4.78, 5) is 26.1. The summed E-state index contributed by atoms with van der Waals surface area (Å²) < 4.78 is 5.86. The molecule has 0 aliphatic heterocycles. The van der Waals surface area contributed by atoms with Crippen molar-refractivity contribution < 1.29 is 14.1 Å². The predicted octanol–water partition coefficient (Wildman–Crippen LogP) is 2.43. The third kappa shape index (κ3) is 3.32. The average molecular weight is 387 g/mol. The monoisotopic (exact) mass is 387 g/mol. The fourth-order valence-corrected chi connectivity index (χ4v) is 2.12. The highest BCUT2D eigenvalue weighted by Crippen LogP contribution is 2.19. The number of aryl methyl sites for hydroxylation is 1. The van der Waals surface area contributed by atoms with Crippen LogP contribution in [0.1, 0.15) is 22.0 Å². The second-order valence-electron chi connectivity index (χ2n) is 3.97. The van der Waals surface area contributed by atoms with E-state index < -0.39 is 10.8 Å². The van der Waals surface area contributed by atoms with Crippen LogP contribution < -0.4 is 5.32 Å². The van der Waals surface area contributed by atoms with E-state index in [9.17, 15) is 14.9 Å². The third-order valence-corrected chi connectivity index (χ3v) is 3.42. The number of hydrogen-bond donors (Lipinski definition) is 1. The molecule has 0 bridgehead atoms. The summed E-state index contributed by atoms with van der Waals surface area (Å²) in [6, 6.07) is 4.14. The van der Waals surface area contributed by atoms with Gasteiger partial charge in [-0.05, 0) is 35.6 Å². The topological polar surface area (TPSA) is 98.3 Å². The minimum absolute atomic E-state index is 0.123. The number of non-ortho nitro benzene ring substituents is 1. The zero-order valence-electron chi connectivity index (χ0n) is 10.4. The number of oxazole rings is 1. The number of amides is 1. The summed E-state index contributed by atoms with van der Waals surface area (Å²) >= 11 is 1.95. The molecule has 0 aliphatic carbocycles. The molecule has 1 heterocycles. The number of rotatable bonds is 4. The molecule has 1 aromatic carbocycles. The van der Waals surface area contributed by atoms with E-state index in [0.717, 1.165) is 0 Å². The van der Waals surface area contributed by atoms with Gasteiger partial charge in [-0.3, -0.25) is 14.9 Å². The maximum atomic E-state index is 12.0. The Labute approximate surface area is 127 Å². The van der Waals surface area contributed by atoms with Crippen LogP contribution in [0.5, 0.6) is 0 Å². The fourth-order valence-electron chi connectivity index (χ4n) is 1.54. The highest BCUT2D eigenvalue weighted by molar-refractivity contribution is 14.1. The Hall–Kier alpha value is -1.97. The molecule has 2 rings (SSSR count). The van der Waals surface area contributed by atoms with E-state index in [-0.39, 0.29) is 17.8 Å². The highest BCUT2D eigenvalue weighted by atomic mass is 127. The fraction of sp³-hybridized carbons (Fsp3) is 0.167. The summed E-state index contributed by atoms with van der Waals surface area (Å²) in [5.41, 5.74) is 0.130. The molecule has 1 amide bonds. The van der Waals surface area contributed by atoms with Gasteiger partial charge in [-0.2, -0.15) is 0 Å². The Balaban J connectivity index is 2.12. The zero-order valence-corrected chi connectivity index (χ0v) is 12.6. The Bertz CT molecular complexity index is 668. The summed E-state index contributed by atoms with van der Waals surface area (Å²) in [6.07, 6.45) is 1.55. The van der Waals surface area contributed by atoms with Crippen LogP contribution in [0.4, 0.5) is 5.69 Å². The van der Waals surface area contributed by atoms with Crippen LogP contribution in [0.25, 0.3) is 0 Å². The Morgan fingerprint density at radius 3 is 2.90 bits per heavy atom. The van der Waals surface area contributed by atoms with Gasteiger partial charge in [-0.15, -0.1) is 0 Å². The van der Waals surface area contributed by atoms with Gasteiger partial charge in [-0.25, -0.2) is 4.98 Å². The van der Waals surface area contributed by atoms with Gasteiger partial charge < -0.3 is 9.73 Å². The van der Waals surface area contributed by atoms with E-state index in [1.165, 1.54) is 18.2 Å². The van der Waals surface area contributed by atoms with E-state index >= 15 is 0 Å². The molecular weight excluding hydrogens is 377 g/mol. The van der Waals surface area contributed by atoms with E-state index in [2.05, 4.69) is 10.3 Å². The molecule has 1 N–H and O–H groups in total. The van der Waals surface area contributed by atoms with E-state index in [0.29, 0.717) is 15.2 Å². The second kappa shape index (κ2) is 5.99. The molecule has 0 fully saturated rings. The third-order valence-electron chi connectivity index (χ3n) is 2.47. The number of nitro groups is 1. The molecule has 0 spiro atoms. The van der Waals surface area contributed by atoms with Gasteiger partial charge in [0.15, 0.2) is 0 Å². The van der Waals surface area contributed by atoms with Crippen LogP contribution in [0, 0.1) is 20.6 Å². The van der Waals surface area contributed by atoms with Crippen molar-refractivity contribution in [3.05, 3.63) is 55.3 Å².